The lowest BCUT2D eigenvalue weighted by Crippen LogP contribution is -2.22. The van der Waals surface area contributed by atoms with Crippen molar-refractivity contribution in [2.75, 3.05) is 0 Å². The van der Waals surface area contributed by atoms with Crippen LogP contribution in [0, 0.1) is 0 Å². The molecule has 4 nitrogen and oxygen atoms in total. The first-order valence-electron chi connectivity index (χ1n) is 10.4. The van der Waals surface area contributed by atoms with E-state index < -0.39 is 5.60 Å². The molecule has 2 rings (SSSR count). The molecule has 2 aromatic rings. The summed E-state index contributed by atoms with van der Waals surface area (Å²) in [5, 5.41) is 29.1. The topological polar surface area (TPSA) is 69.9 Å². The predicted molar refractivity (Wildman–Crippen MR) is 117 cm³/mol. The lowest BCUT2D eigenvalue weighted by Gasteiger charge is -2.20. The molecule has 0 radical (unpaired) electrons. The molecular weight excluding hydrogens is 364 g/mol. The van der Waals surface area contributed by atoms with E-state index in [1.807, 2.05) is 50.3 Å². The van der Waals surface area contributed by atoms with E-state index in [2.05, 4.69) is 25.1 Å². The molecule has 158 valence electrons. The van der Waals surface area contributed by atoms with E-state index in [1.165, 1.54) is 5.56 Å². The second-order valence-corrected chi connectivity index (χ2v) is 7.63. The number of hydrogen-bond acceptors (Lipinski definition) is 4. The molecule has 0 bridgehead atoms. The van der Waals surface area contributed by atoms with E-state index in [4.69, 9.17) is 4.74 Å². The van der Waals surface area contributed by atoms with E-state index in [9.17, 15) is 15.3 Å². The third kappa shape index (κ3) is 6.70. The highest BCUT2D eigenvalue weighted by atomic mass is 16.5. The molecule has 0 aliphatic heterocycles. The minimum Gasteiger partial charge on any atom is -0.489 e. The zero-order valence-electron chi connectivity index (χ0n) is 17.8. The van der Waals surface area contributed by atoms with Crippen molar-refractivity contribution in [3.63, 3.8) is 0 Å². The van der Waals surface area contributed by atoms with Crippen LogP contribution in [0.25, 0.3) is 0 Å². The molecule has 0 saturated heterocycles. The Morgan fingerprint density at radius 3 is 2.38 bits per heavy atom. The molecule has 0 aromatic heterocycles. The number of ether oxygens (including phenoxy) is 1. The standard InChI is InChI=1S/C25H34O4/c1-4-25(28,5-2)13-7-8-19(3)21-9-6-10-24(15-21)29-18-20-11-12-22(16-26)23(14-20)17-27/h6-7,9-15,19,26-28H,4-5,8,16-18H2,1-3H3/b13-7+. The third-order valence-electron chi connectivity index (χ3n) is 5.59. The van der Waals surface area contributed by atoms with Gasteiger partial charge in [-0.15, -0.1) is 0 Å². The molecule has 0 spiro atoms. The van der Waals surface area contributed by atoms with Crippen LogP contribution < -0.4 is 4.74 Å². The molecule has 0 heterocycles. The summed E-state index contributed by atoms with van der Waals surface area (Å²) in [5.74, 6) is 1.12. The Bertz CT molecular complexity index is 793. The van der Waals surface area contributed by atoms with Gasteiger partial charge in [-0.2, -0.15) is 0 Å². The molecule has 2 aromatic carbocycles. The highest BCUT2D eigenvalue weighted by molar-refractivity contribution is 5.33. The Labute approximate surface area is 174 Å². The van der Waals surface area contributed by atoms with Gasteiger partial charge in [0.25, 0.3) is 0 Å². The Balaban J connectivity index is 1.99. The highest BCUT2D eigenvalue weighted by Crippen LogP contribution is 2.25. The first-order valence-corrected chi connectivity index (χ1v) is 10.4. The maximum absolute atomic E-state index is 10.4. The lowest BCUT2D eigenvalue weighted by atomic mass is 9.93. The molecule has 0 amide bonds. The van der Waals surface area contributed by atoms with Crippen molar-refractivity contribution in [1.82, 2.24) is 0 Å². The maximum atomic E-state index is 10.4. The Hall–Kier alpha value is -2.14. The van der Waals surface area contributed by atoms with Crippen LogP contribution in [0.2, 0.25) is 0 Å². The molecule has 1 atom stereocenters. The van der Waals surface area contributed by atoms with Gasteiger partial charge in [-0.25, -0.2) is 0 Å². The fourth-order valence-electron chi connectivity index (χ4n) is 3.26. The first-order chi connectivity index (χ1) is 13.9. The van der Waals surface area contributed by atoms with Gasteiger partial charge < -0.3 is 20.1 Å². The van der Waals surface area contributed by atoms with Gasteiger partial charge in [0.15, 0.2) is 0 Å². The summed E-state index contributed by atoms with van der Waals surface area (Å²) in [7, 11) is 0. The number of allylic oxidation sites excluding steroid dienone is 1. The van der Waals surface area contributed by atoms with Gasteiger partial charge in [0.2, 0.25) is 0 Å². The fraction of sp³-hybridized carbons (Fsp3) is 0.440. The Kier molecular flexibility index (Phi) is 8.90. The maximum Gasteiger partial charge on any atom is 0.120 e. The van der Waals surface area contributed by atoms with E-state index >= 15 is 0 Å². The summed E-state index contributed by atoms with van der Waals surface area (Å²) in [5.41, 5.74) is 2.89. The Morgan fingerprint density at radius 1 is 1.00 bits per heavy atom. The van der Waals surface area contributed by atoms with Crippen LogP contribution in [0.1, 0.15) is 68.2 Å². The van der Waals surface area contributed by atoms with Crippen LogP contribution in [-0.2, 0) is 19.8 Å². The van der Waals surface area contributed by atoms with Crippen LogP contribution in [0.3, 0.4) is 0 Å². The fourth-order valence-corrected chi connectivity index (χ4v) is 3.26. The number of hydrogen-bond donors (Lipinski definition) is 3. The largest absolute Gasteiger partial charge is 0.489 e. The van der Waals surface area contributed by atoms with Crippen molar-refractivity contribution in [2.24, 2.45) is 0 Å². The summed E-state index contributed by atoms with van der Waals surface area (Å²) in [6, 6.07) is 13.7. The summed E-state index contributed by atoms with van der Waals surface area (Å²) in [4.78, 5) is 0. The van der Waals surface area contributed by atoms with Gasteiger partial charge >= 0.3 is 0 Å². The molecule has 0 saturated carbocycles. The second kappa shape index (κ2) is 11.1. The van der Waals surface area contributed by atoms with E-state index in [1.54, 1.807) is 0 Å². The monoisotopic (exact) mass is 398 g/mol. The molecule has 4 heteroatoms. The first kappa shape index (κ1) is 23.1. The molecule has 3 N–H and O–H groups in total. The predicted octanol–water partition coefficient (Wildman–Crippen LogP) is 4.85. The van der Waals surface area contributed by atoms with Crippen molar-refractivity contribution in [3.8, 4) is 5.75 Å². The highest BCUT2D eigenvalue weighted by Gasteiger charge is 2.17. The summed E-state index contributed by atoms with van der Waals surface area (Å²) in [6.45, 7) is 6.38. The molecule has 1 unspecified atom stereocenters. The van der Waals surface area contributed by atoms with Crippen LogP contribution in [0.5, 0.6) is 5.75 Å². The van der Waals surface area contributed by atoms with Crippen molar-refractivity contribution in [2.45, 2.75) is 71.4 Å². The zero-order chi connectivity index (χ0) is 21.3. The van der Waals surface area contributed by atoms with Gasteiger partial charge in [-0.05, 0) is 65.6 Å². The lowest BCUT2D eigenvalue weighted by molar-refractivity contribution is 0.0825. The quantitative estimate of drug-likeness (QED) is 0.473. The molecule has 0 fully saturated rings. The normalized spacial score (nSPS) is 13.0. The number of aliphatic hydroxyl groups is 3. The van der Waals surface area contributed by atoms with E-state index in [-0.39, 0.29) is 13.2 Å². The SMILES string of the molecule is CCC(O)(/C=C/CC(C)c1cccc(OCc2ccc(CO)c(CO)c2)c1)CC. The third-order valence-corrected chi connectivity index (χ3v) is 5.59. The van der Waals surface area contributed by atoms with Crippen LogP contribution in [-0.4, -0.2) is 20.9 Å². The van der Waals surface area contributed by atoms with Gasteiger partial charge in [-0.3, -0.25) is 0 Å². The number of rotatable bonds is 11. The molecule has 29 heavy (non-hydrogen) atoms. The van der Waals surface area contributed by atoms with Crippen LogP contribution >= 0.6 is 0 Å². The van der Waals surface area contributed by atoms with Crippen LogP contribution in [0.15, 0.2) is 54.6 Å². The minimum atomic E-state index is -0.705. The van der Waals surface area contributed by atoms with Crippen molar-refractivity contribution >= 4 is 0 Å². The average molecular weight is 399 g/mol. The van der Waals surface area contributed by atoms with Gasteiger partial charge in [0, 0.05) is 0 Å². The van der Waals surface area contributed by atoms with Crippen LogP contribution in [0.4, 0.5) is 0 Å². The van der Waals surface area contributed by atoms with Crippen molar-refractivity contribution < 1.29 is 20.1 Å². The summed E-state index contributed by atoms with van der Waals surface area (Å²) >= 11 is 0. The van der Waals surface area contributed by atoms with Crippen molar-refractivity contribution in [3.05, 3.63) is 76.9 Å². The zero-order valence-corrected chi connectivity index (χ0v) is 17.8. The van der Waals surface area contributed by atoms with Gasteiger partial charge in [0.05, 0.1) is 18.8 Å². The summed E-state index contributed by atoms with van der Waals surface area (Å²) < 4.78 is 5.95. The van der Waals surface area contributed by atoms with Crippen molar-refractivity contribution in [1.29, 1.82) is 0 Å². The molecule has 0 aliphatic carbocycles. The second-order valence-electron chi connectivity index (χ2n) is 7.63. The average Bonchev–Trinajstić information content (AvgIpc) is 2.77. The van der Waals surface area contributed by atoms with E-state index in [0.29, 0.717) is 12.5 Å². The minimum absolute atomic E-state index is 0.0840. The van der Waals surface area contributed by atoms with Gasteiger partial charge in [0.1, 0.15) is 12.4 Å². The molecule has 0 aliphatic rings. The Morgan fingerprint density at radius 2 is 1.72 bits per heavy atom. The molecular formula is C25H34O4. The van der Waals surface area contributed by atoms with Gasteiger partial charge in [-0.1, -0.05) is 57.2 Å². The van der Waals surface area contributed by atoms with E-state index in [0.717, 1.165) is 41.7 Å². The number of benzene rings is 2. The number of aliphatic hydroxyl groups excluding tert-OH is 2. The smallest absolute Gasteiger partial charge is 0.120 e. The summed E-state index contributed by atoms with van der Waals surface area (Å²) in [6.07, 6.45) is 6.29.